The minimum atomic E-state index is 0.339. The Hall–Kier alpha value is -1.22. The molecule has 0 saturated carbocycles. The van der Waals surface area contributed by atoms with E-state index in [9.17, 15) is 0 Å². The van der Waals surface area contributed by atoms with E-state index < -0.39 is 0 Å². The molecule has 76 valence electrons. The monoisotopic (exact) mass is 193 g/mol. The topological polar surface area (TPSA) is 44.5 Å². The molecule has 0 fully saturated rings. The Balaban J connectivity index is 2.12. The van der Waals surface area contributed by atoms with Crippen molar-refractivity contribution in [1.82, 2.24) is 0 Å². The van der Waals surface area contributed by atoms with Gasteiger partial charge in [0.2, 0.25) is 6.79 Å². The van der Waals surface area contributed by atoms with E-state index in [4.69, 9.17) is 15.2 Å². The molecular formula is C11H15NO2. The number of ether oxygens (including phenoxy) is 2. The second kappa shape index (κ2) is 3.88. The summed E-state index contributed by atoms with van der Waals surface area (Å²) in [7, 11) is 0. The van der Waals surface area contributed by atoms with Crippen molar-refractivity contribution in [3.63, 3.8) is 0 Å². The Morgan fingerprint density at radius 1 is 1.36 bits per heavy atom. The van der Waals surface area contributed by atoms with Gasteiger partial charge in [0.25, 0.3) is 0 Å². The van der Waals surface area contributed by atoms with Crippen LogP contribution in [0.5, 0.6) is 11.5 Å². The lowest BCUT2D eigenvalue weighted by Crippen LogP contribution is -2.12. The lowest BCUT2D eigenvalue weighted by Gasteiger charge is -2.08. The summed E-state index contributed by atoms with van der Waals surface area (Å²) in [4.78, 5) is 0. The van der Waals surface area contributed by atoms with Gasteiger partial charge >= 0.3 is 0 Å². The maximum Gasteiger partial charge on any atom is 0.231 e. The quantitative estimate of drug-likeness (QED) is 0.792. The predicted octanol–water partition coefficient (Wildman–Crippen LogP) is 1.55. The van der Waals surface area contributed by atoms with Crippen molar-refractivity contribution >= 4 is 0 Å². The maximum atomic E-state index is 5.58. The molecule has 0 aromatic heterocycles. The Morgan fingerprint density at radius 3 is 2.93 bits per heavy atom. The van der Waals surface area contributed by atoms with Gasteiger partial charge in [0.1, 0.15) is 0 Å². The zero-order valence-electron chi connectivity index (χ0n) is 8.32. The van der Waals surface area contributed by atoms with Gasteiger partial charge in [-0.15, -0.1) is 0 Å². The molecule has 1 aliphatic rings. The largest absolute Gasteiger partial charge is 0.454 e. The van der Waals surface area contributed by atoms with Gasteiger partial charge in [-0.1, -0.05) is 13.0 Å². The van der Waals surface area contributed by atoms with Gasteiger partial charge < -0.3 is 15.2 Å². The molecule has 0 amide bonds. The molecule has 3 nitrogen and oxygen atoms in total. The third kappa shape index (κ3) is 1.82. The maximum absolute atomic E-state index is 5.58. The zero-order chi connectivity index (χ0) is 9.97. The van der Waals surface area contributed by atoms with Crippen molar-refractivity contribution in [2.24, 2.45) is 11.7 Å². The van der Waals surface area contributed by atoms with Gasteiger partial charge in [-0.2, -0.15) is 0 Å². The fraction of sp³-hybridized carbons (Fsp3) is 0.455. The number of hydrogen-bond donors (Lipinski definition) is 1. The van der Waals surface area contributed by atoms with E-state index in [1.54, 1.807) is 0 Å². The van der Waals surface area contributed by atoms with E-state index in [0.29, 0.717) is 19.3 Å². The van der Waals surface area contributed by atoms with Crippen molar-refractivity contribution in [3.05, 3.63) is 23.8 Å². The van der Waals surface area contributed by atoms with E-state index in [2.05, 4.69) is 13.0 Å². The molecule has 1 aromatic rings. The minimum absolute atomic E-state index is 0.339. The molecule has 2 N–H and O–H groups in total. The van der Waals surface area contributed by atoms with E-state index >= 15 is 0 Å². The predicted molar refractivity (Wildman–Crippen MR) is 54.5 cm³/mol. The molecule has 0 radical (unpaired) electrons. The lowest BCUT2D eigenvalue weighted by atomic mass is 10.0. The summed E-state index contributed by atoms with van der Waals surface area (Å²) in [5, 5.41) is 0. The summed E-state index contributed by atoms with van der Waals surface area (Å²) in [6.45, 7) is 3.20. The van der Waals surface area contributed by atoms with Crippen LogP contribution in [0.15, 0.2) is 18.2 Å². The molecule has 3 heteroatoms. The zero-order valence-corrected chi connectivity index (χ0v) is 8.32. The Bertz CT molecular complexity index is 325. The van der Waals surface area contributed by atoms with Gasteiger partial charge in [0.15, 0.2) is 11.5 Å². The molecule has 14 heavy (non-hydrogen) atoms. The van der Waals surface area contributed by atoms with Gasteiger partial charge in [-0.25, -0.2) is 0 Å². The third-order valence-electron chi connectivity index (χ3n) is 2.42. The molecule has 0 bridgehead atoms. The number of nitrogens with two attached hydrogens (primary N) is 1. The van der Waals surface area contributed by atoms with Crippen LogP contribution in [0.1, 0.15) is 12.5 Å². The fourth-order valence-corrected chi connectivity index (χ4v) is 1.55. The lowest BCUT2D eigenvalue weighted by molar-refractivity contribution is 0.174. The molecule has 1 atom stereocenters. The average Bonchev–Trinajstić information content (AvgIpc) is 2.64. The highest BCUT2D eigenvalue weighted by molar-refractivity contribution is 5.44. The number of hydrogen-bond acceptors (Lipinski definition) is 3. The Labute approximate surface area is 83.8 Å². The average molecular weight is 193 g/mol. The molecule has 0 aliphatic carbocycles. The van der Waals surface area contributed by atoms with Crippen molar-refractivity contribution in [2.75, 3.05) is 13.3 Å². The molecule has 2 rings (SSSR count). The summed E-state index contributed by atoms with van der Waals surface area (Å²) >= 11 is 0. The number of rotatable bonds is 3. The van der Waals surface area contributed by atoms with Gasteiger partial charge in [-0.3, -0.25) is 0 Å². The van der Waals surface area contributed by atoms with E-state index in [1.807, 2.05) is 12.1 Å². The molecule has 1 heterocycles. The summed E-state index contributed by atoms with van der Waals surface area (Å²) in [6, 6.07) is 6.06. The van der Waals surface area contributed by atoms with Gasteiger partial charge in [0.05, 0.1) is 0 Å². The number of fused-ring (bicyclic) bond motifs is 1. The van der Waals surface area contributed by atoms with Crippen molar-refractivity contribution in [2.45, 2.75) is 13.3 Å². The first-order chi connectivity index (χ1) is 6.79. The third-order valence-corrected chi connectivity index (χ3v) is 2.42. The molecule has 0 spiro atoms. The second-order valence-electron chi connectivity index (χ2n) is 3.73. The van der Waals surface area contributed by atoms with Crippen LogP contribution in [0.3, 0.4) is 0 Å². The van der Waals surface area contributed by atoms with E-state index in [-0.39, 0.29) is 0 Å². The van der Waals surface area contributed by atoms with Crippen LogP contribution >= 0.6 is 0 Å². The SMILES string of the molecule is C[C@H](CN)Cc1ccc2c(c1)OCO2. The highest BCUT2D eigenvalue weighted by Gasteiger charge is 2.13. The second-order valence-corrected chi connectivity index (χ2v) is 3.73. The standard InChI is InChI=1S/C11H15NO2/c1-8(6-12)4-9-2-3-10-11(5-9)14-7-13-10/h2-3,5,8H,4,6-7,12H2,1H3/t8-/m0/s1. The van der Waals surface area contributed by atoms with Crippen LogP contribution < -0.4 is 15.2 Å². The van der Waals surface area contributed by atoms with Crippen LogP contribution in [0.2, 0.25) is 0 Å². The van der Waals surface area contributed by atoms with Crippen molar-refractivity contribution < 1.29 is 9.47 Å². The van der Waals surface area contributed by atoms with Crippen LogP contribution in [0.4, 0.5) is 0 Å². The summed E-state index contributed by atoms with van der Waals surface area (Å²) in [5.74, 6) is 2.20. The smallest absolute Gasteiger partial charge is 0.231 e. The highest BCUT2D eigenvalue weighted by atomic mass is 16.7. The summed E-state index contributed by atoms with van der Waals surface area (Å²) in [6.07, 6.45) is 0.993. The molecular weight excluding hydrogens is 178 g/mol. The summed E-state index contributed by atoms with van der Waals surface area (Å²) in [5.41, 5.74) is 6.83. The molecule has 0 unspecified atom stereocenters. The van der Waals surface area contributed by atoms with Crippen molar-refractivity contribution in [3.8, 4) is 11.5 Å². The number of benzene rings is 1. The first-order valence-electron chi connectivity index (χ1n) is 4.88. The van der Waals surface area contributed by atoms with E-state index in [0.717, 1.165) is 17.9 Å². The van der Waals surface area contributed by atoms with Crippen LogP contribution in [0.25, 0.3) is 0 Å². The van der Waals surface area contributed by atoms with E-state index in [1.165, 1.54) is 5.56 Å². The van der Waals surface area contributed by atoms with Crippen LogP contribution in [-0.2, 0) is 6.42 Å². The Morgan fingerprint density at radius 2 is 2.14 bits per heavy atom. The highest BCUT2D eigenvalue weighted by Crippen LogP contribution is 2.32. The fourth-order valence-electron chi connectivity index (χ4n) is 1.55. The van der Waals surface area contributed by atoms with Gasteiger partial charge in [-0.05, 0) is 36.6 Å². The molecule has 1 aromatic carbocycles. The van der Waals surface area contributed by atoms with Crippen LogP contribution in [-0.4, -0.2) is 13.3 Å². The Kier molecular flexibility index (Phi) is 2.59. The van der Waals surface area contributed by atoms with Crippen LogP contribution in [0, 0.1) is 5.92 Å². The first-order valence-corrected chi connectivity index (χ1v) is 4.88. The molecule has 0 saturated heterocycles. The normalized spacial score (nSPS) is 15.6. The summed E-state index contributed by atoms with van der Waals surface area (Å²) < 4.78 is 10.5. The van der Waals surface area contributed by atoms with Gasteiger partial charge in [0, 0.05) is 0 Å². The first kappa shape index (κ1) is 9.34. The molecule has 1 aliphatic heterocycles. The minimum Gasteiger partial charge on any atom is -0.454 e. The van der Waals surface area contributed by atoms with Crippen molar-refractivity contribution in [1.29, 1.82) is 0 Å².